The van der Waals surface area contributed by atoms with Crippen LogP contribution in [0.4, 0.5) is 0 Å². The monoisotopic (exact) mass is 477 g/mol. The first-order chi connectivity index (χ1) is 16.1. The minimum atomic E-state index is -0.438. The van der Waals surface area contributed by atoms with Crippen molar-refractivity contribution in [2.24, 2.45) is 5.10 Å². The van der Waals surface area contributed by atoms with Crippen molar-refractivity contribution < 1.29 is 4.74 Å². The van der Waals surface area contributed by atoms with Gasteiger partial charge in [0.15, 0.2) is 0 Å². The molecule has 0 aliphatic carbocycles. The molecule has 6 heteroatoms. The van der Waals surface area contributed by atoms with Gasteiger partial charge >= 0.3 is 0 Å². The largest absolute Gasteiger partial charge is 0.466 e. The molecule has 1 fully saturated rings. The summed E-state index contributed by atoms with van der Waals surface area (Å²) in [5, 5.41) is 8.64. The zero-order valence-electron chi connectivity index (χ0n) is 18.3. The highest BCUT2D eigenvalue weighted by atomic mass is 35.5. The van der Waals surface area contributed by atoms with E-state index in [1.54, 1.807) is 6.07 Å². The van der Waals surface area contributed by atoms with Crippen LogP contribution < -0.4 is 4.74 Å². The Bertz CT molecular complexity index is 1200. The molecule has 6 rings (SSSR count). The molecule has 3 aromatic carbocycles. The van der Waals surface area contributed by atoms with E-state index in [0.29, 0.717) is 10.0 Å². The molecule has 0 aromatic heterocycles. The summed E-state index contributed by atoms with van der Waals surface area (Å²) < 4.78 is 6.74. The van der Waals surface area contributed by atoms with Crippen molar-refractivity contribution in [1.29, 1.82) is 0 Å². The lowest BCUT2D eigenvalue weighted by Gasteiger charge is -2.51. The third kappa shape index (κ3) is 3.80. The molecule has 3 aliphatic heterocycles. The SMILES string of the molecule is Clc1ccc(C2=NN3C(C2)c2ccccc2OC32CCN(Cc3ccccc3)CC2)c(Cl)c1. The zero-order valence-corrected chi connectivity index (χ0v) is 19.8. The Labute approximate surface area is 204 Å². The second-order valence-electron chi connectivity index (χ2n) is 9.08. The van der Waals surface area contributed by atoms with Gasteiger partial charge in [0.25, 0.3) is 0 Å². The summed E-state index contributed by atoms with van der Waals surface area (Å²) in [6.07, 6.45) is 2.60. The Morgan fingerprint density at radius 2 is 1.70 bits per heavy atom. The Balaban J connectivity index is 1.31. The first kappa shape index (κ1) is 21.0. The van der Waals surface area contributed by atoms with E-state index in [4.69, 9.17) is 33.0 Å². The van der Waals surface area contributed by atoms with Gasteiger partial charge in [-0.15, -0.1) is 0 Å². The fraction of sp³-hybridized carbons (Fsp3) is 0.296. The molecule has 0 radical (unpaired) electrons. The van der Waals surface area contributed by atoms with E-state index in [9.17, 15) is 0 Å². The van der Waals surface area contributed by atoms with Crippen molar-refractivity contribution in [1.82, 2.24) is 9.91 Å². The minimum Gasteiger partial charge on any atom is -0.466 e. The molecule has 1 unspecified atom stereocenters. The van der Waals surface area contributed by atoms with E-state index in [1.165, 1.54) is 11.1 Å². The third-order valence-electron chi connectivity index (χ3n) is 7.03. The van der Waals surface area contributed by atoms with Crippen LogP contribution in [0.2, 0.25) is 10.0 Å². The lowest BCUT2D eigenvalue weighted by atomic mass is 9.90. The van der Waals surface area contributed by atoms with Crippen LogP contribution in [-0.2, 0) is 6.54 Å². The first-order valence-corrected chi connectivity index (χ1v) is 12.2. The Morgan fingerprint density at radius 3 is 2.48 bits per heavy atom. The number of rotatable bonds is 3. The predicted octanol–water partition coefficient (Wildman–Crippen LogP) is 6.53. The molecule has 3 aromatic rings. The second kappa shape index (κ2) is 8.35. The fourth-order valence-corrected chi connectivity index (χ4v) is 5.87. The van der Waals surface area contributed by atoms with Crippen molar-refractivity contribution in [2.75, 3.05) is 13.1 Å². The van der Waals surface area contributed by atoms with Gasteiger partial charge in [-0.2, -0.15) is 5.10 Å². The molecule has 0 amide bonds. The summed E-state index contributed by atoms with van der Waals surface area (Å²) in [5.74, 6) is 0.980. The topological polar surface area (TPSA) is 28.1 Å². The van der Waals surface area contributed by atoms with Crippen LogP contribution in [0, 0.1) is 0 Å². The van der Waals surface area contributed by atoms with E-state index >= 15 is 0 Å². The number of halogens is 2. The number of nitrogens with zero attached hydrogens (tertiary/aromatic N) is 3. The predicted molar refractivity (Wildman–Crippen MR) is 133 cm³/mol. The van der Waals surface area contributed by atoms with Gasteiger partial charge in [-0.25, -0.2) is 5.01 Å². The molecule has 33 heavy (non-hydrogen) atoms. The number of hydrazone groups is 1. The molecule has 0 bridgehead atoms. The lowest BCUT2D eigenvalue weighted by molar-refractivity contribution is -0.150. The van der Waals surface area contributed by atoms with Crippen LogP contribution in [0.1, 0.15) is 42.0 Å². The van der Waals surface area contributed by atoms with E-state index in [1.807, 2.05) is 12.1 Å². The maximum absolute atomic E-state index is 6.74. The number of likely N-dealkylation sites (tertiary alicyclic amines) is 1. The van der Waals surface area contributed by atoms with Gasteiger partial charge in [0.1, 0.15) is 5.75 Å². The summed E-state index contributed by atoms with van der Waals surface area (Å²) in [6, 6.07) is 24.9. The van der Waals surface area contributed by atoms with E-state index < -0.39 is 5.72 Å². The molecule has 3 aliphatic rings. The molecule has 4 nitrogen and oxygen atoms in total. The van der Waals surface area contributed by atoms with Gasteiger partial charge in [-0.1, -0.05) is 77.8 Å². The molecule has 3 heterocycles. The maximum atomic E-state index is 6.74. The van der Waals surface area contributed by atoms with Gasteiger partial charge in [0.2, 0.25) is 5.72 Å². The highest BCUT2D eigenvalue weighted by Gasteiger charge is 2.51. The van der Waals surface area contributed by atoms with Crippen LogP contribution in [0.3, 0.4) is 0 Å². The summed E-state index contributed by atoms with van der Waals surface area (Å²) in [7, 11) is 0. The molecular formula is C27H25Cl2N3O. The second-order valence-corrected chi connectivity index (χ2v) is 9.93. The maximum Gasteiger partial charge on any atom is 0.200 e. The number of benzene rings is 3. The molecule has 168 valence electrons. The number of hydrogen-bond acceptors (Lipinski definition) is 4. The molecule has 1 saturated heterocycles. The van der Waals surface area contributed by atoms with Crippen molar-refractivity contribution in [3.05, 3.63) is 99.5 Å². The smallest absolute Gasteiger partial charge is 0.200 e. The Kier molecular flexibility index (Phi) is 5.33. The van der Waals surface area contributed by atoms with Gasteiger partial charge in [-0.3, -0.25) is 4.90 Å². The molecule has 1 atom stereocenters. The van der Waals surface area contributed by atoms with Crippen LogP contribution in [-0.4, -0.2) is 34.4 Å². The lowest BCUT2D eigenvalue weighted by Crippen LogP contribution is -2.59. The van der Waals surface area contributed by atoms with Crippen molar-refractivity contribution in [2.45, 2.75) is 37.6 Å². The van der Waals surface area contributed by atoms with Crippen molar-refractivity contribution in [3.8, 4) is 5.75 Å². The molecule has 1 spiro atoms. The fourth-order valence-electron chi connectivity index (χ4n) is 5.35. The van der Waals surface area contributed by atoms with Crippen LogP contribution in [0.5, 0.6) is 5.75 Å². The summed E-state index contributed by atoms with van der Waals surface area (Å²) in [5.41, 5.74) is 4.05. The quantitative estimate of drug-likeness (QED) is 0.429. The zero-order chi connectivity index (χ0) is 22.4. The minimum absolute atomic E-state index is 0.150. The number of piperidine rings is 1. The average Bonchev–Trinajstić information content (AvgIpc) is 3.28. The summed E-state index contributed by atoms with van der Waals surface area (Å²) >= 11 is 12.7. The van der Waals surface area contributed by atoms with Gasteiger partial charge in [0, 0.05) is 55.0 Å². The third-order valence-corrected chi connectivity index (χ3v) is 7.58. The van der Waals surface area contributed by atoms with E-state index in [0.717, 1.165) is 55.9 Å². The molecular weight excluding hydrogens is 453 g/mol. The van der Waals surface area contributed by atoms with Crippen molar-refractivity contribution in [3.63, 3.8) is 0 Å². The standard InChI is InChI=1S/C27H25Cl2N3O/c28-20-10-11-21(23(29)16-20)24-17-25-22-8-4-5-9-26(22)33-27(32(25)30-24)12-14-31(15-13-27)18-19-6-2-1-3-7-19/h1-11,16,25H,12-15,17-18H2. The highest BCUT2D eigenvalue weighted by Crippen LogP contribution is 2.50. The van der Waals surface area contributed by atoms with E-state index in [2.05, 4.69) is 64.5 Å². The molecule has 0 saturated carbocycles. The number of hydrogen-bond donors (Lipinski definition) is 0. The highest BCUT2D eigenvalue weighted by molar-refractivity contribution is 6.37. The van der Waals surface area contributed by atoms with Gasteiger partial charge in [-0.05, 0) is 23.8 Å². The first-order valence-electron chi connectivity index (χ1n) is 11.5. The number of para-hydroxylation sites is 1. The molecule has 0 N–H and O–H groups in total. The summed E-state index contributed by atoms with van der Waals surface area (Å²) in [6.45, 7) is 2.89. The van der Waals surface area contributed by atoms with Crippen LogP contribution >= 0.6 is 23.2 Å². The Morgan fingerprint density at radius 1 is 0.939 bits per heavy atom. The number of ether oxygens (including phenoxy) is 1. The van der Waals surface area contributed by atoms with E-state index in [-0.39, 0.29) is 6.04 Å². The summed E-state index contributed by atoms with van der Waals surface area (Å²) in [4.78, 5) is 2.51. The van der Waals surface area contributed by atoms with Gasteiger partial charge < -0.3 is 4.74 Å². The van der Waals surface area contributed by atoms with Crippen LogP contribution in [0.25, 0.3) is 0 Å². The van der Waals surface area contributed by atoms with Gasteiger partial charge in [0.05, 0.1) is 16.8 Å². The Hall–Kier alpha value is -2.53. The van der Waals surface area contributed by atoms with Crippen molar-refractivity contribution >= 4 is 28.9 Å². The average molecular weight is 478 g/mol. The van der Waals surface area contributed by atoms with Crippen LogP contribution in [0.15, 0.2) is 77.9 Å². The normalized spacial score (nSPS) is 21.3. The number of fused-ring (bicyclic) bond motifs is 4.